The Morgan fingerprint density at radius 2 is 1.81 bits per heavy atom. The van der Waals surface area contributed by atoms with Gasteiger partial charge in [0.15, 0.2) is 0 Å². The highest BCUT2D eigenvalue weighted by atomic mass is 19.4. The maximum Gasteiger partial charge on any atom is 0.418 e. The Hall–Kier alpha value is -3.46. The summed E-state index contributed by atoms with van der Waals surface area (Å²) in [6.07, 6.45) is -2.76. The number of nitrogens with zero attached hydrogens (tertiary/aromatic N) is 3. The van der Waals surface area contributed by atoms with Crippen LogP contribution in [0.3, 0.4) is 0 Å². The second kappa shape index (κ2) is 9.54. The molecule has 1 N–H and O–H groups in total. The first-order valence-corrected chi connectivity index (χ1v) is 11.7. The summed E-state index contributed by atoms with van der Waals surface area (Å²) < 4.78 is 70.7. The van der Waals surface area contributed by atoms with Crippen LogP contribution in [0.4, 0.5) is 27.6 Å². The molecule has 0 radical (unpaired) electrons. The molecule has 4 aromatic rings. The standard InChI is InChI=1S/C27H24F5N3O/c28-20-10-9-19(24(29)13-20)15-35-26(22-7-2-8-23(25(22)33-35)27(30,31)32)18-5-1-6-21(12-18)34-11-3-4-17(14-34)16-36/h1-2,5-10,12-13,17,36H,3-4,11,14-16H2. The molecular formula is C27H24F5N3O. The van der Waals surface area contributed by atoms with Crippen LogP contribution in [0.1, 0.15) is 24.0 Å². The Morgan fingerprint density at radius 3 is 2.56 bits per heavy atom. The summed E-state index contributed by atoms with van der Waals surface area (Å²) in [5.41, 5.74) is 0.924. The maximum absolute atomic E-state index is 14.5. The highest BCUT2D eigenvalue weighted by molar-refractivity contribution is 5.95. The Bertz CT molecular complexity index is 1400. The molecule has 1 aliphatic heterocycles. The first kappa shape index (κ1) is 24.2. The van der Waals surface area contributed by atoms with Gasteiger partial charge < -0.3 is 10.0 Å². The SMILES string of the molecule is OCC1CCCN(c2cccc(-c3c4cccc(C(F)(F)F)c4nn3Cc3ccc(F)cc3F)c2)C1. The smallest absolute Gasteiger partial charge is 0.396 e. The van der Waals surface area contributed by atoms with Crippen LogP contribution in [-0.4, -0.2) is 34.6 Å². The van der Waals surface area contributed by atoms with E-state index in [-0.39, 0.29) is 35.5 Å². The highest BCUT2D eigenvalue weighted by Gasteiger charge is 2.34. The van der Waals surface area contributed by atoms with Crippen molar-refractivity contribution in [2.45, 2.75) is 25.6 Å². The minimum absolute atomic E-state index is 0.0943. The molecule has 1 fully saturated rings. The zero-order valence-electron chi connectivity index (χ0n) is 19.3. The average molecular weight is 501 g/mol. The molecule has 0 amide bonds. The fraction of sp³-hybridized carbons (Fsp3) is 0.296. The van der Waals surface area contributed by atoms with Gasteiger partial charge in [-0.25, -0.2) is 8.78 Å². The maximum atomic E-state index is 14.5. The van der Waals surface area contributed by atoms with Crippen molar-refractivity contribution in [3.63, 3.8) is 0 Å². The van der Waals surface area contributed by atoms with E-state index in [1.54, 1.807) is 12.1 Å². The molecule has 2 heterocycles. The third kappa shape index (κ3) is 4.67. The second-order valence-corrected chi connectivity index (χ2v) is 9.13. The quantitative estimate of drug-likeness (QED) is 0.329. The molecule has 188 valence electrons. The molecule has 0 aliphatic carbocycles. The van der Waals surface area contributed by atoms with Crippen LogP contribution in [0.5, 0.6) is 0 Å². The Kier molecular flexibility index (Phi) is 6.42. The van der Waals surface area contributed by atoms with Crippen LogP contribution < -0.4 is 4.90 Å². The average Bonchev–Trinajstić information content (AvgIpc) is 3.23. The van der Waals surface area contributed by atoms with E-state index >= 15 is 0 Å². The molecule has 36 heavy (non-hydrogen) atoms. The van der Waals surface area contributed by atoms with E-state index in [9.17, 15) is 27.1 Å². The Morgan fingerprint density at radius 1 is 1.00 bits per heavy atom. The van der Waals surface area contributed by atoms with Gasteiger partial charge in [-0.1, -0.05) is 30.3 Å². The number of hydrogen-bond acceptors (Lipinski definition) is 3. The number of aliphatic hydroxyl groups excluding tert-OH is 1. The van der Waals surface area contributed by atoms with E-state index < -0.39 is 23.4 Å². The van der Waals surface area contributed by atoms with Gasteiger partial charge in [-0.05, 0) is 43.0 Å². The molecule has 4 nitrogen and oxygen atoms in total. The summed E-state index contributed by atoms with van der Waals surface area (Å²) in [5, 5.41) is 14.2. The molecule has 1 unspecified atom stereocenters. The Labute approximate surface area is 204 Å². The number of aliphatic hydroxyl groups is 1. The lowest BCUT2D eigenvalue weighted by molar-refractivity contribution is -0.136. The van der Waals surface area contributed by atoms with Gasteiger partial charge >= 0.3 is 6.18 Å². The third-order valence-electron chi connectivity index (χ3n) is 6.67. The minimum Gasteiger partial charge on any atom is -0.396 e. The zero-order chi connectivity index (χ0) is 25.4. The van der Waals surface area contributed by atoms with Gasteiger partial charge in [0.25, 0.3) is 0 Å². The van der Waals surface area contributed by atoms with Crippen LogP contribution in [0.25, 0.3) is 22.2 Å². The lowest BCUT2D eigenvalue weighted by Crippen LogP contribution is -2.36. The largest absolute Gasteiger partial charge is 0.418 e. The van der Waals surface area contributed by atoms with E-state index in [1.165, 1.54) is 16.8 Å². The van der Waals surface area contributed by atoms with Gasteiger partial charge in [-0.2, -0.15) is 18.3 Å². The van der Waals surface area contributed by atoms with Crippen molar-refractivity contribution in [2.75, 3.05) is 24.6 Å². The number of halogens is 5. The van der Waals surface area contributed by atoms with Crippen molar-refractivity contribution in [1.82, 2.24) is 9.78 Å². The van der Waals surface area contributed by atoms with Crippen LogP contribution in [0.2, 0.25) is 0 Å². The monoisotopic (exact) mass is 501 g/mol. The predicted molar refractivity (Wildman–Crippen MR) is 128 cm³/mol. The normalized spacial score (nSPS) is 16.6. The minimum atomic E-state index is -4.62. The number of hydrogen-bond donors (Lipinski definition) is 1. The van der Waals surface area contributed by atoms with E-state index in [0.717, 1.165) is 43.3 Å². The summed E-state index contributed by atoms with van der Waals surface area (Å²) >= 11 is 0. The van der Waals surface area contributed by atoms with Gasteiger partial charge in [-0.15, -0.1) is 0 Å². The predicted octanol–water partition coefficient (Wildman–Crippen LogP) is 6.26. The fourth-order valence-corrected chi connectivity index (χ4v) is 4.91. The number of anilines is 1. The Balaban J connectivity index is 1.65. The van der Waals surface area contributed by atoms with Crippen LogP contribution in [-0.2, 0) is 12.7 Å². The van der Waals surface area contributed by atoms with Crippen LogP contribution in [0, 0.1) is 17.6 Å². The number of piperidine rings is 1. The molecule has 3 aromatic carbocycles. The van der Waals surface area contributed by atoms with E-state index in [1.807, 2.05) is 18.2 Å². The van der Waals surface area contributed by atoms with Crippen molar-refractivity contribution in [1.29, 1.82) is 0 Å². The van der Waals surface area contributed by atoms with Gasteiger partial charge in [0, 0.05) is 48.0 Å². The van der Waals surface area contributed by atoms with E-state index in [4.69, 9.17) is 0 Å². The number of benzene rings is 3. The van der Waals surface area contributed by atoms with Crippen molar-refractivity contribution in [3.05, 3.63) is 83.4 Å². The fourth-order valence-electron chi connectivity index (χ4n) is 4.91. The summed E-state index contributed by atoms with van der Waals surface area (Å²) in [4.78, 5) is 2.15. The molecule has 9 heteroatoms. The first-order valence-electron chi connectivity index (χ1n) is 11.7. The zero-order valence-corrected chi connectivity index (χ0v) is 19.3. The van der Waals surface area contributed by atoms with Crippen molar-refractivity contribution < 1.29 is 27.1 Å². The van der Waals surface area contributed by atoms with Crippen molar-refractivity contribution >= 4 is 16.6 Å². The van der Waals surface area contributed by atoms with Crippen LogP contribution >= 0.6 is 0 Å². The lowest BCUT2D eigenvalue weighted by Gasteiger charge is -2.33. The molecule has 1 aromatic heterocycles. The second-order valence-electron chi connectivity index (χ2n) is 9.13. The summed E-state index contributed by atoms with van der Waals surface area (Å²) in [7, 11) is 0. The summed E-state index contributed by atoms with van der Waals surface area (Å²) in [5.74, 6) is -1.38. The molecule has 0 bridgehead atoms. The van der Waals surface area contributed by atoms with E-state index in [2.05, 4.69) is 10.00 Å². The third-order valence-corrected chi connectivity index (χ3v) is 6.67. The molecule has 0 saturated carbocycles. The highest BCUT2D eigenvalue weighted by Crippen LogP contribution is 2.39. The number of rotatable bonds is 5. The summed E-state index contributed by atoms with van der Waals surface area (Å²) in [6, 6.07) is 14.4. The molecule has 0 spiro atoms. The molecule has 5 rings (SSSR count). The number of fused-ring (bicyclic) bond motifs is 1. The topological polar surface area (TPSA) is 41.3 Å². The van der Waals surface area contributed by atoms with Crippen molar-refractivity contribution in [2.24, 2.45) is 5.92 Å². The van der Waals surface area contributed by atoms with Crippen molar-refractivity contribution in [3.8, 4) is 11.3 Å². The van der Waals surface area contributed by atoms with E-state index in [0.29, 0.717) is 17.8 Å². The summed E-state index contributed by atoms with van der Waals surface area (Å²) in [6.45, 7) is 1.41. The first-order chi connectivity index (χ1) is 17.2. The van der Waals surface area contributed by atoms with Gasteiger partial charge in [-0.3, -0.25) is 4.68 Å². The molecule has 1 saturated heterocycles. The van der Waals surface area contributed by atoms with Gasteiger partial charge in [0.2, 0.25) is 0 Å². The lowest BCUT2D eigenvalue weighted by atomic mass is 9.98. The van der Waals surface area contributed by atoms with Gasteiger partial charge in [0.1, 0.15) is 17.2 Å². The number of aromatic nitrogens is 2. The van der Waals surface area contributed by atoms with Crippen LogP contribution in [0.15, 0.2) is 60.7 Å². The van der Waals surface area contributed by atoms with Gasteiger partial charge in [0.05, 0.1) is 17.8 Å². The molecule has 1 aliphatic rings. The molecule has 1 atom stereocenters. The molecular weight excluding hydrogens is 477 g/mol. The number of alkyl halides is 3.